The zero-order valence-electron chi connectivity index (χ0n) is 15.1. The van der Waals surface area contributed by atoms with E-state index >= 15 is 0 Å². The van der Waals surface area contributed by atoms with Crippen molar-refractivity contribution >= 4 is 11.8 Å². The molecule has 1 saturated heterocycles. The summed E-state index contributed by atoms with van der Waals surface area (Å²) in [6, 6.07) is 3.66. The van der Waals surface area contributed by atoms with Crippen LogP contribution in [0.1, 0.15) is 52.9 Å². The molecule has 3 rings (SSSR count). The Bertz CT molecular complexity index is 771. The van der Waals surface area contributed by atoms with E-state index in [9.17, 15) is 9.59 Å². The van der Waals surface area contributed by atoms with Gasteiger partial charge in [-0.2, -0.15) is 4.98 Å². The van der Waals surface area contributed by atoms with Crippen LogP contribution >= 0.6 is 0 Å². The fourth-order valence-electron chi connectivity index (χ4n) is 3.18. The van der Waals surface area contributed by atoms with E-state index in [0.717, 1.165) is 25.1 Å². The number of carbonyl (C=O) groups is 2. The fourth-order valence-corrected chi connectivity index (χ4v) is 3.18. The van der Waals surface area contributed by atoms with Crippen LogP contribution in [0.15, 0.2) is 22.9 Å². The third kappa shape index (κ3) is 4.25. The molecule has 0 saturated carbocycles. The smallest absolute Gasteiger partial charge is 0.252 e. The lowest BCUT2D eigenvalue weighted by Crippen LogP contribution is -2.39. The highest BCUT2D eigenvalue weighted by Crippen LogP contribution is 2.26. The number of aryl methyl sites for hydroxylation is 2. The van der Waals surface area contributed by atoms with Crippen molar-refractivity contribution in [3.8, 4) is 0 Å². The molecule has 8 heteroatoms. The Labute approximate surface area is 152 Å². The van der Waals surface area contributed by atoms with E-state index in [4.69, 9.17) is 4.52 Å². The molecule has 0 radical (unpaired) electrons. The topological polar surface area (TPSA) is 101 Å². The van der Waals surface area contributed by atoms with Crippen molar-refractivity contribution in [3.05, 3.63) is 41.3 Å². The van der Waals surface area contributed by atoms with E-state index in [0.29, 0.717) is 36.7 Å². The normalized spacial score (nSPS) is 17.2. The van der Waals surface area contributed by atoms with Crippen LogP contribution in [-0.2, 0) is 11.2 Å². The van der Waals surface area contributed by atoms with E-state index in [-0.39, 0.29) is 17.7 Å². The van der Waals surface area contributed by atoms with Gasteiger partial charge in [0.2, 0.25) is 11.8 Å². The van der Waals surface area contributed by atoms with Gasteiger partial charge in [0, 0.05) is 50.8 Å². The van der Waals surface area contributed by atoms with Crippen molar-refractivity contribution in [1.82, 2.24) is 25.3 Å². The predicted octanol–water partition coefficient (Wildman–Crippen LogP) is 1.47. The molecule has 26 heavy (non-hydrogen) atoms. The summed E-state index contributed by atoms with van der Waals surface area (Å²) in [5, 5.41) is 6.32. The fraction of sp³-hybridized carbons (Fsp3) is 0.500. The van der Waals surface area contributed by atoms with Crippen LogP contribution in [0.2, 0.25) is 0 Å². The van der Waals surface area contributed by atoms with Crippen molar-refractivity contribution in [3.63, 3.8) is 0 Å². The molecule has 138 valence electrons. The highest BCUT2D eigenvalue weighted by atomic mass is 16.5. The molecule has 0 spiro atoms. The zero-order valence-corrected chi connectivity index (χ0v) is 15.1. The van der Waals surface area contributed by atoms with Crippen molar-refractivity contribution in [1.29, 1.82) is 0 Å². The lowest BCUT2D eigenvalue weighted by atomic mass is 9.93. The van der Waals surface area contributed by atoms with Gasteiger partial charge in [-0.05, 0) is 31.9 Å². The van der Waals surface area contributed by atoms with Crippen LogP contribution in [0.4, 0.5) is 0 Å². The molecule has 1 aliphatic rings. The van der Waals surface area contributed by atoms with Gasteiger partial charge >= 0.3 is 0 Å². The Kier molecular flexibility index (Phi) is 5.60. The summed E-state index contributed by atoms with van der Waals surface area (Å²) >= 11 is 0. The lowest BCUT2D eigenvalue weighted by molar-refractivity contribution is -0.132. The first-order chi connectivity index (χ1) is 12.6. The molecule has 1 aliphatic heterocycles. The van der Waals surface area contributed by atoms with E-state index < -0.39 is 0 Å². The average molecular weight is 357 g/mol. The maximum Gasteiger partial charge on any atom is 0.252 e. The Morgan fingerprint density at radius 2 is 2.23 bits per heavy atom. The maximum absolute atomic E-state index is 12.5. The molecular weight excluding hydrogens is 334 g/mol. The minimum atomic E-state index is -0.152. The first kappa shape index (κ1) is 18.0. The molecule has 1 fully saturated rings. The summed E-state index contributed by atoms with van der Waals surface area (Å²) < 4.78 is 5.06. The number of carbonyl (C=O) groups excluding carboxylic acids is 2. The largest absolute Gasteiger partial charge is 0.355 e. The van der Waals surface area contributed by atoms with Crippen LogP contribution in [-0.4, -0.2) is 52.0 Å². The van der Waals surface area contributed by atoms with Gasteiger partial charge in [-0.15, -0.1) is 0 Å². The number of hydrogen-bond donors (Lipinski definition) is 1. The molecule has 0 bridgehead atoms. The third-order valence-corrected chi connectivity index (χ3v) is 4.59. The van der Waals surface area contributed by atoms with Crippen molar-refractivity contribution in [2.75, 3.05) is 20.1 Å². The highest BCUT2D eigenvalue weighted by Gasteiger charge is 2.25. The Morgan fingerprint density at radius 3 is 2.88 bits per heavy atom. The molecule has 1 N–H and O–H groups in total. The first-order valence-electron chi connectivity index (χ1n) is 8.82. The summed E-state index contributed by atoms with van der Waals surface area (Å²) in [6.07, 6.45) is 4.33. The summed E-state index contributed by atoms with van der Waals surface area (Å²) in [5.41, 5.74) is 1.46. The molecule has 1 unspecified atom stereocenters. The SMILES string of the molecule is CNC(=O)c1ccc(C2CCCN(C(=O)CCc3nc(C)no3)C2)nc1. The molecule has 2 amide bonds. The zero-order chi connectivity index (χ0) is 18.5. The summed E-state index contributed by atoms with van der Waals surface area (Å²) in [7, 11) is 1.59. The second-order valence-corrected chi connectivity index (χ2v) is 6.47. The Hall–Kier alpha value is -2.77. The monoisotopic (exact) mass is 357 g/mol. The molecule has 0 aliphatic carbocycles. The molecule has 2 aromatic heterocycles. The van der Waals surface area contributed by atoms with Gasteiger partial charge in [0.05, 0.1) is 5.56 Å². The van der Waals surface area contributed by atoms with Gasteiger partial charge in [-0.1, -0.05) is 5.16 Å². The predicted molar refractivity (Wildman–Crippen MR) is 93.5 cm³/mol. The van der Waals surface area contributed by atoms with Gasteiger partial charge in [0.15, 0.2) is 5.82 Å². The number of pyridine rings is 1. The van der Waals surface area contributed by atoms with E-state index in [1.807, 2.05) is 11.0 Å². The van der Waals surface area contributed by atoms with Crippen molar-refractivity contribution in [2.24, 2.45) is 0 Å². The van der Waals surface area contributed by atoms with Gasteiger partial charge < -0.3 is 14.7 Å². The molecule has 0 aromatic carbocycles. The van der Waals surface area contributed by atoms with Crippen LogP contribution in [0.25, 0.3) is 0 Å². The number of nitrogens with one attached hydrogen (secondary N) is 1. The third-order valence-electron chi connectivity index (χ3n) is 4.59. The Morgan fingerprint density at radius 1 is 1.38 bits per heavy atom. The quantitative estimate of drug-likeness (QED) is 0.869. The van der Waals surface area contributed by atoms with Crippen LogP contribution < -0.4 is 5.32 Å². The Balaban J connectivity index is 1.57. The minimum Gasteiger partial charge on any atom is -0.355 e. The van der Waals surface area contributed by atoms with Gasteiger partial charge in [-0.3, -0.25) is 14.6 Å². The van der Waals surface area contributed by atoms with Crippen molar-refractivity contribution in [2.45, 2.75) is 38.5 Å². The summed E-state index contributed by atoms with van der Waals surface area (Å²) in [4.78, 5) is 34.6. The molecule has 8 nitrogen and oxygen atoms in total. The van der Waals surface area contributed by atoms with E-state index in [1.165, 1.54) is 0 Å². The van der Waals surface area contributed by atoms with Gasteiger partial charge in [0.1, 0.15) is 0 Å². The molecule has 1 atom stereocenters. The molecule has 3 heterocycles. The van der Waals surface area contributed by atoms with Crippen LogP contribution in [0.5, 0.6) is 0 Å². The second kappa shape index (κ2) is 8.07. The summed E-state index contributed by atoms with van der Waals surface area (Å²) in [5.74, 6) is 1.21. The number of piperidine rings is 1. The first-order valence-corrected chi connectivity index (χ1v) is 8.82. The molecular formula is C18H23N5O3. The second-order valence-electron chi connectivity index (χ2n) is 6.47. The van der Waals surface area contributed by atoms with Gasteiger partial charge in [-0.25, -0.2) is 0 Å². The standard InChI is InChI=1S/C18H23N5O3/c1-12-21-16(26-22-12)7-8-17(24)23-9-3-4-14(11-23)15-6-5-13(10-20-15)18(25)19-2/h5-6,10,14H,3-4,7-9,11H2,1-2H3,(H,19,25). The number of nitrogens with zero attached hydrogens (tertiary/aromatic N) is 4. The summed E-state index contributed by atoms with van der Waals surface area (Å²) in [6.45, 7) is 3.16. The van der Waals surface area contributed by atoms with E-state index in [2.05, 4.69) is 20.4 Å². The maximum atomic E-state index is 12.5. The minimum absolute atomic E-state index is 0.0903. The van der Waals surface area contributed by atoms with Crippen molar-refractivity contribution < 1.29 is 14.1 Å². The lowest BCUT2D eigenvalue weighted by Gasteiger charge is -2.32. The average Bonchev–Trinajstić information content (AvgIpc) is 3.11. The van der Waals surface area contributed by atoms with Crippen LogP contribution in [0, 0.1) is 6.92 Å². The number of aromatic nitrogens is 3. The number of hydrogen-bond acceptors (Lipinski definition) is 6. The highest BCUT2D eigenvalue weighted by molar-refractivity contribution is 5.93. The van der Waals surface area contributed by atoms with Gasteiger partial charge in [0.25, 0.3) is 5.91 Å². The number of amides is 2. The van der Waals surface area contributed by atoms with E-state index in [1.54, 1.807) is 26.2 Å². The van der Waals surface area contributed by atoms with Crippen LogP contribution in [0.3, 0.4) is 0 Å². The number of rotatable bonds is 5. The number of likely N-dealkylation sites (tertiary alicyclic amines) is 1. The molecule has 2 aromatic rings.